The Morgan fingerprint density at radius 1 is 1.29 bits per heavy atom. The Labute approximate surface area is 104 Å². The molecule has 2 N–H and O–H groups in total. The monoisotopic (exact) mass is 243 g/mol. The summed E-state index contributed by atoms with van der Waals surface area (Å²) >= 11 is 0. The van der Waals surface area contributed by atoms with Gasteiger partial charge in [-0.25, -0.2) is 0 Å². The number of carbonyl (C=O) groups excluding carboxylic acids is 2. The second-order valence-electron chi connectivity index (χ2n) is 4.65. The summed E-state index contributed by atoms with van der Waals surface area (Å²) in [7, 11) is 3.52. The molecule has 0 aliphatic carbocycles. The fraction of sp³-hybridized carbons (Fsp3) is 0.833. The van der Waals surface area contributed by atoms with Crippen molar-refractivity contribution in [2.24, 2.45) is 5.92 Å². The van der Waals surface area contributed by atoms with Crippen LogP contribution in [0, 0.1) is 5.92 Å². The van der Waals surface area contributed by atoms with Gasteiger partial charge in [0.05, 0.1) is 6.54 Å². The Bertz CT molecular complexity index is 242. The van der Waals surface area contributed by atoms with E-state index >= 15 is 0 Å². The topological polar surface area (TPSA) is 61.4 Å². The van der Waals surface area contributed by atoms with E-state index < -0.39 is 0 Å². The zero-order valence-corrected chi connectivity index (χ0v) is 11.4. The van der Waals surface area contributed by atoms with E-state index in [2.05, 4.69) is 10.6 Å². The van der Waals surface area contributed by atoms with Gasteiger partial charge in [0.1, 0.15) is 0 Å². The molecule has 5 heteroatoms. The molecule has 0 atom stereocenters. The van der Waals surface area contributed by atoms with Crippen LogP contribution in [0.4, 0.5) is 0 Å². The van der Waals surface area contributed by atoms with E-state index in [0.29, 0.717) is 18.9 Å². The first kappa shape index (κ1) is 15.9. The van der Waals surface area contributed by atoms with Gasteiger partial charge in [-0.3, -0.25) is 9.59 Å². The first-order valence-corrected chi connectivity index (χ1v) is 6.12. The number of nitrogens with one attached hydrogen (secondary N) is 2. The molecule has 0 heterocycles. The normalized spacial score (nSPS) is 10.4. The van der Waals surface area contributed by atoms with Gasteiger partial charge in [0.2, 0.25) is 11.8 Å². The Hall–Kier alpha value is -1.10. The first-order valence-electron chi connectivity index (χ1n) is 6.12. The smallest absolute Gasteiger partial charge is 0.239 e. The minimum Gasteiger partial charge on any atom is -0.354 e. The van der Waals surface area contributed by atoms with Crippen LogP contribution in [0.15, 0.2) is 0 Å². The van der Waals surface area contributed by atoms with E-state index in [9.17, 15) is 9.59 Å². The fourth-order valence-corrected chi connectivity index (χ4v) is 1.28. The number of rotatable bonds is 8. The quantitative estimate of drug-likeness (QED) is 0.599. The van der Waals surface area contributed by atoms with Crippen LogP contribution in [0.5, 0.6) is 0 Å². The van der Waals surface area contributed by atoms with Crippen molar-refractivity contribution in [3.05, 3.63) is 0 Å². The minimum atomic E-state index is -0.0943. The van der Waals surface area contributed by atoms with Crippen molar-refractivity contribution in [1.82, 2.24) is 15.5 Å². The van der Waals surface area contributed by atoms with Gasteiger partial charge in [0.25, 0.3) is 0 Å². The number of carbonyl (C=O) groups is 2. The molecule has 0 saturated carbocycles. The van der Waals surface area contributed by atoms with Gasteiger partial charge in [-0.15, -0.1) is 0 Å². The molecule has 0 saturated heterocycles. The third-order valence-electron chi connectivity index (χ3n) is 2.33. The predicted molar refractivity (Wildman–Crippen MR) is 68.6 cm³/mol. The predicted octanol–water partition coefficient (Wildman–Crippen LogP) is 0.217. The van der Waals surface area contributed by atoms with Crippen molar-refractivity contribution >= 4 is 11.8 Å². The summed E-state index contributed by atoms with van der Waals surface area (Å²) in [6, 6.07) is 0. The highest BCUT2D eigenvalue weighted by atomic mass is 16.2. The van der Waals surface area contributed by atoms with Gasteiger partial charge in [0, 0.05) is 20.0 Å². The standard InChI is InChI=1S/C12H25N3O2/c1-10(2)8-14-11(16)9-15(4)12(17)6-5-7-13-3/h10,13H,5-9H2,1-4H3,(H,14,16). The van der Waals surface area contributed by atoms with Gasteiger partial charge in [-0.1, -0.05) is 13.8 Å². The third kappa shape index (κ3) is 8.68. The van der Waals surface area contributed by atoms with E-state index in [-0.39, 0.29) is 18.4 Å². The summed E-state index contributed by atoms with van der Waals surface area (Å²) in [5.74, 6) is 0.346. The highest BCUT2D eigenvalue weighted by molar-refractivity contribution is 5.84. The maximum absolute atomic E-state index is 11.6. The molecule has 0 aliphatic heterocycles. The van der Waals surface area contributed by atoms with Gasteiger partial charge in [-0.05, 0) is 25.9 Å². The summed E-state index contributed by atoms with van der Waals surface area (Å²) in [4.78, 5) is 24.6. The largest absolute Gasteiger partial charge is 0.354 e. The SMILES string of the molecule is CNCCCC(=O)N(C)CC(=O)NCC(C)C. The average molecular weight is 243 g/mol. The molecule has 0 aromatic carbocycles. The first-order chi connectivity index (χ1) is 7.97. The number of amides is 2. The van der Waals surface area contributed by atoms with Crippen molar-refractivity contribution in [1.29, 1.82) is 0 Å². The lowest BCUT2D eigenvalue weighted by atomic mass is 10.2. The molecule has 5 nitrogen and oxygen atoms in total. The van der Waals surface area contributed by atoms with Crippen molar-refractivity contribution in [3.63, 3.8) is 0 Å². The number of likely N-dealkylation sites (N-methyl/N-ethyl adjacent to an activating group) is 1. The highest BCUT2D eigenvalue weighted by Gasteiger charge is 2.12. The maximum Gasteiger partial charge on any atom is 0.239 e. The van der Waals surface area contributed by atoms with Crippen LogP contribution in [-0.4, -0.2) is 50.4 Å². The van der Waals surface area contributed by atoms with E-state index in [4.69, 9.17) is 0 Å². The Morgan fingerprint density at radius 3 is 2.47 bits per heavy atom. The molecule has 100 valence electrons. The van der Waals surface area contributed by atoms with Crippen LogP contribution in [0.3, 0.4) is 0 Å². The zero-order valence-electron chi connectivity index (χ0n) is 11.4. The van der Waals surface area contributed by atoms with E-state index in [1.807, 2.05) is 20.9 Å². The third-order valence-corrected chi connectivity index (χ3v) is 2.33. The molecule has 0 unspecified atom stereocenters. The second-order valence-corrected chi connectivity index (χ2v) is 4.65. The molecule has 0 bridgehead atoms. The summed E-state index contributed by atoms with van der Waals surface area (Å²) < 4.78 is 0. The molecule has 0 aromatic rings. The molecule has 0 rings (SSSR count). The van der Waals surface area contributed by atoms with Crippen LogP contribution in [0.25, 0.3) is 0 Å². The lowest BCUT2D eigenvalue weighted by Gasteiger charge is -2.17. The van der Waals surface area contributed by atoms with Gasteiger partial charge in [0.15, 0.2) is 0 Å². The van der Waals surface area contributed by atoms with E-state index in [1.54, 1.807) is 7.05 Å². The van der Waals surface area contributed by atoms with E-state index in [0.717, 1.165) is 13.0 Å². The molecular formula is C12H25N3O2. The molecule has 0 aromatic heterocycles. The van der Waals surface area contributed by atoms with Crippen molar-refractivity contribution < 1.29 is 9.59 Å². The molecule has 2 amide bonds. The van der Waals surface area contributed by atoms with Gasteiger partial charge in [-0.2, -0.15) is 0 Å². The van der Waals surface area contributed by atoms with Gasteiger partial charge < -0.3 is 15.5 Å². The molecule has 17 heavy (non-hydrogen) atoms. The fourth-order valence-electron chi connectivity index (χ4n) is 1.28. The summed E-state index contributed by atoms with van der Waals surface area (Å²) in [5.41, 5.74) is 0. The van der Waals surface area contributed by atoms with Crippen LogP contribution < -0.4 is 10.6 Å². The van der Waals surface area contributed by atoms with Crippen molar-refractivity contribution in [3.8, 4) is 0 Å². The Kier molecular flexibility index (Phi) is 8.40. The number of hydrogen-bond acceptors (Lipinski definition) is 3. The number of hydrogen-bond donors (Lipinski definition) is 2. The Balaban J connectivity index is 3.78. The van der Waals surface area contributed by atoms with Crippen molar-refractivity contribution in [2.75, 3.05) is 33.7 Å². The van der Waals surface area contributed by atoms with Crippen LogP contribution in [-0.2, 0) is 9.59 Å². The second kappa shape index (κ2) is 8.98. The molecule has 0 fully saturated rings. The lowest BCUT2D eigenvalue weighted by molar-refractivity contribution is -0.134. The average Bonchev–Trinajstić information content (AvgIpc) is 2.26. The summed E-state index contributed by atoms with van der Waals surface area (Å²) in [5, 5.41) is 5.78. The number of nitrogens with zero attached hydrogens (tertiary/aromatic N) is 1. The molecule has 0 radical (unpaired) electrons. The Morgan fingerprint density at radius 2 is 1.94 bits per heavy atom. The zero-order chi connectivity index (χ0) is 13.3. The molecule has 0 aliphatic rings. The lowest BCUT2D eigenvalue weighted by Crippen LogP contribution is -2.39. The molecular weight excluding hydrogens is 218 g/mol. The van der Waals surface area contributed by atoms with E-state index in [1.165, 1.54) is 4.90 Å². The summed E-state index contributed by atoms with van der Waals surface area (Å²) in [6.45, 7) is 5.69. The maximum atomic E-state index is 11.6. The van der Waals surface area contributed by atoms with Crippen LogP contribution in [0.1, 0.15) is 26.7 Å². The van der Waals surface area contributed by atoms with Gasteiger partial charge >= 0.3 is 0 Å². The van der Waals surface area contributed by atoms with Crippen LogP contribution >= 0.6 is 0 Å². The molecule has 0 spiro atoms. The van der Waals surface area contributed by atoms with Crippen molar-refractivity contribution in [2.45, 2.75) is 26.7 Å². The minimum absolute atomic E-state index is 0.0138. The highest BCUT2D eigenvalue weighted by Crippen LogP contribution is 1.95. The van der Waals surface area contributed by atoms with Crippen LogP contribution in [0.2, 0.25) is 0 Å². The summed E-state index contributed by atoms with van der Waals surface area (Å²) in [6.07, 6.45) is 1.28.